The summed E-state index contributed by atoms with van der Waals surface area (Å²) in [5, 5.41) is 5.99. The number of hydrogen-bond acceptors (Lipinski definition) is 3. The lowest BCUT2D eigenvalue weighted by Crippen LogP contribution is -2.09. The van der Waals surface area contributed by atoms with Crippen molar-refractivity contribution in [3.8, 4) is 0 Å². The summed E-state index contributed by atoms with van der Waals surface area (Å²) in [7, 11) is 0. The van der Waals surface area contributed by atoms with E-state index in [2.05, 4.69) is 10.6 Å². The Hall–Kier alpha value is -3.79. The molecule has 3 aromatic rings. The van der Waals surface area contributed by atoms with Crippen LogP contribution in [0.25, 0.3) is 12.2 Å². The number of benzene rings is 3. The second-order valence-electron chi connectivity index (χ2n) is 5.92. The van der Waals surface area contributed by atoms with Crippen molar-refractivity contribution in [3.63, 3.8) is 0 Å². The number of carbonyl (C=O) groups excluding carboxylic acids is 1. The summed E-state index contributed by atoms with van der Waals surface area (Å²) in [6, 6.07) is 25.1. The van der Waals surface area contributed by atoms with E-state index in [9.17, 15) is 4.79 Å². The highest BCUT2D eigenvalue weighted by Gasteiger charge is 2.00. The van der Waals surface area contributed by atoms with E-state index >= 15 is 0 Å². The Kier molecular flexibility index (Phi) is 6.04. The van der Waals surface area contributed by atoms with Crippen LogP contribution in [0.3, 0.4) is 0 Å². The Morgan fingerprint density at radius 2 is 1.44 bits per heavy atom. The average molecular weight is 355 g/mol. The van der Waals surface area contributed by atoms with E-state index in [-0.39, 0.29) is 5.91 Å². The molecule has 4 N–H and O–H groups in total. The molecule has 0 aromatic heterocycles. The number of para-hydroxylation sites is 2. The van der Waals surface area contributed by atoms with Gasteiger partial charge in [0.15, 0.2) is 0 Å². The van der Waals surface area contributed by atoms with Gasteiger partial charge in [-0.25, -0.2) is 0 Å². The number of nitrogens with two attached hydrogens (primary N) is 1. The van der Waals surface area contributed by atoms with Gasteiger partial charge in [0.1, 0.15) is 0 Å². The topological polar surface area (TPSA) is 67.1 Å². The monoisotopic (exact) mass is 355 g/mol. The molecule has 0 unspecified atom stereocenters. The number of hydrogen-bond donors (Lipinski definition) is 3. The molecule has 3 aromatic carbocycles. The highest BCUT2D eigenvalue weighted by atomic mass is 16.1. The molecule has 0 atom stereocenters. The zero-order valence-electron chi connectivity index (χ0n) is 14.8. The fourth-order valence-corrected chi connectivity index (χ4v) is 2.45. The average Bonchev–Trinajstić information content (AvgIpc) is 2.70. The van der Waals surface area contributed by atoms with Crippen LogP contribution in [0, 0.1) is 0 Å². The molecule has 0 aliphatic heterocycles. The molecule has 0 spiro atoms. The third-order valence-electron chi connectivity index (χ3n) is 3.88. The summed E-state index contributed by atoms with van der Waals surface area (Å²) in [6.45, 7) is 0. The zero-order chi connectivity index (χ0) is 18.9. The van der Waals surface area contributed by atoms with Gasteiger partial charge >= 0.3 is 0 Å². The molecule has 4 heteroatoms. The summed E-state index contributed by atoms with van der Waals surface area (Å²) in [6.07, 6.45) is 7.16. The van der Waals surface area contributed by atoms with Gasteiger partial charge in [-0.3, -0.25) is 4.79 Å². The molecular weight excluding hydrogens is 334 g/mol. The largest absolute Gasteiger partial charge is 0.397 e. The smallest absolute Gasteiger partial charge is 0.248 e. The summed E-state index contributed by atoms with van der Waals surface area (Å²) in [5.41, 5.74) is 10.0. The lowest BCUT2D eigenvalue weighted by atomic mass is 10.2. The minimum absolute atomic E-state index is 0.221. The highest BCUT2D eigenvalue weighted by molar-refractivity contribution is 6.03. The van der Waals surface area contributed by atoms with E-state index in [1.165, 1.54) is 6.08 Å². The van der Waals surface area contributed by atoms with Gasteiger partial charge in [-0.2, -0.15) is 0 Å². The number of anilines is 3. The first-order valence-electron chi connectivity index (χ1n) is 8.62. The molecule has 4 nitrogen and oxygen atoms in total. The molecule has 0 bridgehead atoms. The minimum Gasteiger partial charge on any atom is -0.397 e. The Morgan fingerprint density at radius 3 is 2.19 bits per heavy atom. The van der Waals surface area contributed by atoms with E-state index < -0.39 is 0 Å². The van der Waals surface area contributed by atoms with Crippen LogP contribution in [-0.2, 0) is 4.79 Å². The van der Waals surface area contributed by atoms with Crippen LogP contribution in [0.15, 0.2) is 91.1 Å². The molecule has 0 radical (unpaired) electrons. The number of amides is 1. The van der Waals surface area contributed by atoms with E-state index in [0.29, 0.717) is 11.4 Å². The fraction of sp³-hybridized carbons (Fsp3) is 0. The number of nitrogen functional groups attached to an aromatic ring is 1. The summed E-state index contributed by atoms with van der Waals surface area (Å²) in [5.74, 6) is -0.221. The number of nitrogens with one attached hydrogen (secondary N) is 2. The summed E-state index contributed by atoms with van der Waals surface area (Å²) >= 11 is 0. The van der Waals surface area contributed by atoms with Crippen molar-refractivity contribution in [2.45, 2.75) is 0 Å². The maximum absolute atomic E-state index is 12.0. The standard InChI is InChI=1S/C23H21N3O/c24-21-8-4-5-9-22(21)26-23(27)15-12-19-10-13-20(14-11-19)25-17-16-18-6-2-1-3-7-18/h1-17,25H,24H2,(H,26,27)/b15-12-,17-16+. The molecule has 27 heavy (non-hydrogen) atoms. The first kappa shape index (κ1) is 18.0. The van der Waals surface area contributed by atoms with Gasteiger partial charge < -0.3 is 16.4 Å². The van der Waals surface area contributed by atoms with Crippen LogP contribution < -0.4 is 16.4 Å². The van der Waals surface area contributed by atoms with E-state index in [0.717, 1.165) is 16.8 Å². The Bertz CT molecular complexity index is 945. The first-order chi connectivity index (χ1) is 13.2. The Balaban J connectivity index is 1.54. The lowest BCUT2D eigenvalue weighted by Gasteiger charge is -2.05. The van der Waals surface area contributed by atoms with Crippen molar-refractivity contribution < 1.29 is 4.79 Å². The molecule has 0 heterocycles. The lowest BCUT2D eigenvalue weighted by molar-refractivity contribution is -0.111. The van der Waals surface area contributed by atoms with Crippen molar-refractivity contribution in [3.05, 3.63) is 102 Å². The van der Waals surface area contributed by atoms with Crippen molar-refractivity contribution in [2.24, 2.45) is 0 Å². The molecule has 134 valence electrons. The van der Waals surface area contributed by atoms with Crippen LogP contribution in [0.5, 0.6) is 0 Å². The second-order valence-corrected chi connectivity index (χ2v) is 5.92. The maximum atomic E-state index is 12.0. The van der Waals surface area contributed by atoms with Crippen molar-refractivity contribution in [1.82, 2.24) is 0 Å². The van der Waals surface area contributed by atoms with Gasteiger partial charge in [-0.1, -0.05) is 54.6 Å². The Labute approximate surface area is 159 Å². The number of carbonyl (C=O) groups is 1. The van der Waals surface area contributed by atoms with Crippen molar-refractivity contribution in [2.75, 3.05) is 16.4 Å². The van der Waals surface area contributed by atoms with Gasteiger partial charge in [0, 0.05) is 18.0 Å². The SMILES string of the molecule is Nc1ccccc1NC(=O)/C=C\c1ccc(N/C=C/c2ccccc2)cc1. The van der Waals surface area contributed by atoms with E-state index in [1.807, 2.05) is 79.0 Å². The molecule has 0 fully saturated rings. The quantitative estimate of drug-likeness (QED) is 0.430. The normalized spacial score (nSPS) is 11.0. The van der Waals surface area contributed by atoms with Gasteiger partial charge in [-0.15, -0.1) is 0 Å². The molecule has 0 aliphatic carbocycles. The van der Waals surface area contributed by atoms with Crippen LogP contribution >= 0.6 is 0 Å². The van der Waals surface area contributed by atoms with Crippen molar-refractivity contribution in [1.29, 1.82) is 0 Å². The van der Waals surface area contributed by atoms with Gasteiger partial charge in [0.25, 0.3) is 0 Å². The summed E-state index contributed by atoms with van der Waals surface area (Å²) in [4.78, 5) is 12.0. The van der Waals surface area contributed by atoms with Crippen molar-refractivity contribution >= 4 is 35.1 Å². The zero-order valence-corrected chi connectivity index (χ0v) is 14.8. The second kappa shape index (κ2) is 9.06. The van der Waals surface area contributed by atoms with Crippen LogP contribution in [-0.4, -0.2) is 5.91 Å². The van der Waals surface area contributed by atoms with Gasteiger partial charge in [0.2, 0.25) is 5.91 Å². The first-order valence-corrected chi connectivity index (χ1v) is 8.62. The fourth-order valence-electron chi connectivity index (χ4n) is 2.45. The van der Waals surface area contributed by atoms with Gasteiger partial charge in [0.05, 0.1) is 11.4 Å². The highest BCUT2D eigenvalue weighted by Crippen LogP contribution is 2.17. The van der Waals surface area contributed by atoms with E-state index in [1.54, 1.807) is 18.2 Å². The predicted molar refractivity (Wildman–Crippen MR) is 114 cm³/mol. The molecule has 0 saturated carbocycles. The molecule has 0 saturated heterocycles. The van der Waals surface area contributed by atoms with Crippen LogP contribution in [0.1, 0.15) is 11.1 Å². The third kappa shape index (κ3) is 5.61. The Morgan fingerprint density at radius 1 is 0.778 bits per heavy atom. The molecule has 1 amide bonds. The minimum atomic E-state index is -0.221. The van der Waals surface area contributed by atoms with Crippen LogP contribution in [0.4, 0.5) is 17.1 Å². The third-order valence-corrected chi connectivity index (χ3v) is 3.88. The summed E-state index contributed by atoms with van der Waals surface area (Å²) < 4.78 is 0. The molecule has 3 rings (SSSR count). The van der Waals surface area contributed by atoms with Gasteiger partial charge in [-0.05, 0) is 47.5 Å². The molecule has 0 aliphatic rings. The molecular formula is C23H21N3O. The maximum Gasteiger partial charge on any atom is 0.248 e. The number of rotatable bonds is 6. The van der Waals surface area contributed by atoms with Crippen LogP contribution in [0.2, 0.25) is 0 Å². The van der Waals surface area contributed by atoms with E-state index in [4.69, 9.17) is 5.73 Å². The predicted octanol–water partition coefficient (Wildman–Crippen LogP) is 5.00.